The highest BCUT2D eigenvalue weighted by molar-refractivity contribution is 7.89. The van der Waals surface area contributed by atoms with Gasteiger partial charge in [-0.2, -0.15) is 4.72 Å². The van der Waals surface area contributed by atoms with E-state index in [-0.39, 0.29) is 21.4 Å². The molecule has 116 valence electrons. The highest BCUT2D eigenvalue weighted by Gasteiger charge is 2.27. The summed E-state index contributed by atoms with van der Waals surface area (Å²) >= 11 is 5.73. The molecule has 0 bridgehead atoms. The smallest absolute Gasteiger partial charge is 0.337 e. The van der Waals surface area contributed by atoms with Crippen LogP contribution in [0.25, 0.3) is 0 Å². The molecule has 4 N–H and O–H groups in total. The minimum Gasteiger partial charge on any atom is -0.478 e. The number of nitrogens with one attached hydrogen (secondary N) is 1. The molecule has 0 saturated heterocycles. The zero-order valence-electron chi connectivity index (χ0n) is 11.3. The summed E-state index contributed by atoms with van der Waals surface area (Å²) in [7, 11) is -4.04. The van der Waals surface area contributed by atoms with Crippen molar-refractivity contribution in [2.24, 2.45) is 11.7 Å². The van der Waals surface area contributed by atoms with Gasteiger partial charge in [-0.1, -0.05) is 25.4 Å². The molecule has 0 radical (unpaired) electrons. The molecule has 0 heterocycles. The maximum Gasteiger partial charge on any atom is 0.337 e. The van der Waals surface area contributed by atoms with Crippen molar-refractivity contribution < 1.29 is 23.1 Å². The maximum atomic E-state index is 12.2. The number of hydrogen-bond donors (Lipinski definition) is 3. The third-order valence-electron chi connectivity index (χ3n) is 2.74. The summed E-state index contributed by atoms with van der Waals surface area (Å²) in [4.78, 5) is 21.8. The summed E-state index contributed by atoms with van der Waals surface area (Å²) < 4.78 is 26.5. The highest BCUT2D eigenvalue weighted by Crippen LogP contribution is 2.21. The van der Waals surface area contributed by atoms with Crippen LogP contribution in [0.2, 0.25) is 5.02 Å². The van der Waals surface area contributed by atoms with Gasteiger partial charge < -0.3 is 10.8 Å². The number of halogens is 1. The Balaban J connectivity index is 3.17. The Bertz CT molecular complexity index is 672. The van der Waals surface area contributed by atoms with Crippen molar-refractivity contribution >= 4 is 33.5 Å². The lowest BCUT2D eigenvalue weighted by molar-refractivity contribution is -0.120. The van der Waals surface area contributed by atoms with Crippen LogP contribution in [0.15, 0.2) is 23.1 Å². The first kappa shape index (κ1) is 17.4. The Labute approximate surface area is 127 Å². The summed E-state index contributed by atoms with van der Waals surface area (Å²) in [5.74, 6) is -2.41. The van der Waals surface area contributed by atoms with Gasteiger partial charge in [0.25, 0.3) is 0 Å². The van der Waals surface area contributed by atoms with E-state index in [0.717, 1.165) is 18.2 Å². The highest BCUT2D eigenvalue weighted by atomic mass is 35.5. The molecule has 7 nitrogen and oxygen atoms in total. The van der Waals surface area contributed by atoms with E-state index in [1.54, 1.807) is 13.8 Å². The number of amides is 1. The zero-order chi connectivity index (χ0) is 16.4. The third-order valence-corrected chi connectivity index (χ3v) is 4.49. The van der Waals surface area contributed by atoms with E-state index in [1.165, 1.54) is 0 Å². The lowest BCUT2D eigenvalue weighted by Gasteiger charge is -2.19. The van der Waals surface area contributed by atoms with Gasteiger partial charge in [0.15, 0.2) is 0 Å². The molecule has 0 aliphatic carbocycles. The average molecular weight is 335 g/mol. The van der Waals surface area contributed by atoms with E-state index in [1.807, 2.05) is 0 Å². The minimum absolute atomic E-state index is 0.217. The van der Waals surface area contributed by atoms with E-state index in [9.17, 15) is 18.0 Å². The zero-order valence-corrected chi connectivity index (χ0v) is 12.9. The quantitative estimate of drug-likeness (QED) is 0.710. The van der Waals surface area contributed by atoms with Crippen LogP contribution in [-0.4, -0.2) is 31.4 Å². The minimum atomic E-state index is -4.04. The molecule has 1 atom stereocenters. The van der Waals surface area contributed by atoms with Crippen molar-refractivity contribution in [3.63, 3.8) is 0 Å². The van der Waals surface area contributed by atoms with Gasteiger partial charge in [-0.15, -0.1) is 0 Å². The Hall–Kier alpha value is -1.64. The number of sulfonamides is 1. The van der Waals surface area contributed by atoms with Crippen molar-refractivity contribution in [1.29, 1.82) is 0 Å². The molecule has 9 heteroatoms. The first-order valence-corrected chi connectivity index (χ1v) is 7.77. The average Bonchev–Trinajstić information content (AvgIpc) is 2.34. The van der Waals surface area contributed by atoms with Gasteiger partial charge in [0, 0.05) is 0 Å². The largest absolute Gasteiger partial charge is 0.478 e. The fourth-order valence-corrected chi connectivity index (χ4v) is 3.30. The molecule has 21 heavy (non-hydrogen) atoms. The first-order valence-electron chi connectivity index (χ1n) is 5.90. The molecular formula is C12H15ClN2O5S. The van der Waals surface area contributed by atoms with Gasteiger partial charge in [-0.05, 0) is 24.1 Å². The molecule has 1 aromatic carbocycles. The molecule has 0 aliphatic heterocycles. The molecule has 0 saturated carbocycles. The molecule has 0 spiro atoms. The second kappa shape index (κ2) is 6.42. The fraction of sp³-hybridized carbons (Fsp3) is 0.333. The van der Waals surface area contributed by atoms with Crippen LogP contribution >= 0.6 is 11.6 Å². The number of carboxylic acid groups (broad SMARTS) is 1. The van der Waals surface area contributed by atoms with Gasteiger partial charge in [0.05, 0.1) is 15.5 Å². The number of aromatic carboxylic acids is 1. The van der Waals surface area contributed by atoms with Crippen LogP contribution < -0.4 is 10.5 Å². The van der Waals surface area contributed by atoms with Crippen LogP contribution in [0.5, 0.6) is 0 Å². The number of carbonyl (C=O) groups is 2. The number of primary amides is 1. The normalized spacial score (nSPS) is 13.1. The summed E-state index contributed by atoms with van der Waals surface area (Å²) in [6.07, 6.45) is 0. The van der Waals surface area contributed by atoms with E-state index >= 15 is 0 Å². The number of nitrogens with two attached hydrogens (primary N) is 1. The van der Waals surface area contributed by atoms with Crippen LogP contribution in [0.3, 0.4) is 0 Å². The molecule has 1 unspecified atom stereocenters. The van der Waals surface area contributed by atoms with Crippen molar-refractivity contribution in [3.8, 4) is 0 Å². The van der Waals surface area contributed by atoms with Crippen molar-refractivity contribution in [3.05, 3.63) is 28.8 Å². The van der Waals surface area contributed by atoms with E-state index < -0.39 is 27.9 Å². The maximum absolute atomic E-state index is 12.2. The van der Waals surface area contributed by atoms with E-state index in [2.05, 4.69) is 4.72 Å². The second-order valence-electron chi connectivity index (χ2n) is 4.69. The number of hydrogen-bond acceptors (Lipinski definition) is 4. The Morgan fingerprint density at radius 1 is 1.33 bits per heavy atom. The first-order chi connectivity index (χ1) is 9.56. The molecule has 0 fully saturated rings. The number of rotatable bonds is 6. The molecule has 1 amide bonds. The molecule has 1 aromatic rings. The lowest BCUT2D eigenvalue weighted by Crippen LogP contribution is -2.47. The monoisotopic (exact) mass is 334 g/mol. The van der Waals surface area contributed by atoms with Crippen molar-refractivity contribution in [2.75, 3.05) is 0 Å². The standard InChI is InChI=1S/C12H15ClN2O5S/c1-6(2)10(11(14)16)15-21(19,20)7-3-4-8(12(17)18)9(13)5-7/h3-6,10,15H,1-2H3,(H2,14,16)(H,17,18). The molecule has 0 aromatic heterocycles. The Morgan fingerprint density at radius 3 is 2.29 bits per heavy atom. The van der Waals surface area contributed by atoms with Crippen molar-refractivity contribution in [2.45, 2.75) is 24.8 Å². The number of carbonyl (C=O) groups excluding carboxylic acids is 1. The van der Waals surface area contributed by atoms with Gasteiger partial charge in [0.2, 0.25) is 15.9 Å². The molecular weight excluding hydrogens is 320 g/mol. The second-order valence-corrected chi connectivity index (χ2v) is 6.81. The topological polar surface area (TPSA) is 127 Å². The third kappa shape index (κ3) is 4.16. The van der Waals surface area contributed by atoms with E-state index in [0.29, 0.717) is 0 Å². The van der Waals surface area contributed by atoms with Crippen LogP contribution in [-0.2, 0) is 14.8 Å². The van der Waals surface area contributed by atoms with Crippen LogP contribution in [0.4, 0.5) is 0 Å². The van der Waals surface area contributed by atoms with Gasteiger partial charge in [0.1, 0.15) is 6.04 Å². The summed E-state index contributed by atoms with van der Waals surface area (Å²) in [6.45, 7) is 3.27. The fourth-order valence-electron chi connectivity index (χ4n) is 1.59. The number of benzene rings is 1. The Morgan fingerprint density at radius 2 is 1.90 bits per heavy atom. The number of carboxylic acids is 1. The van der Waals surface area contributed by atoms with Crippen molar-refractivity contribution in [1.82, 2.24) is 4.72 Å². The van der Waals surface area contributed by atoms with Crippen LogP contribution in [0, 0.1) is 5.92 Å². The Kier molecular flexibility index (Phi) is 5.32. The van der Waals surface area contributed by atoms with E-state index in [4.69, 9.17) is 22.4 Å². The summed E-state index contributed by atoms with van der Waals surface area (Å²) in [6, 6.07) is 2.10. The van der Waals surface area contributed by atoms with Gasteiger partial charge in [-0.3, -0.25) is 4.79 Å². The summed E-state index contributed by atoms with van der Waals surface area (Å²) in [5.41, 5.74) is 4.93. The predicted molar refractivity (Wildman–Crippen MR) is 76.6 cm³/mol. The van der Waals surface area contributed by atoms with Gasteiger partial charge >= 0.3 is 5.97 Å². The van der Waals surface area contributed by atoms with Crippen LogP contribution in [0.1, 0.15) is 24.2 Å². The summed E-state index contributed by atoms with van der Waals surface area (Å²) in [5, 5.41) is 8.62. The lowest BCUT2D eigenvalue weighted by atomic mass is 10.1. The SMILES string of the molecule is CC(C)C(NS(=O)(=O)c1ccc(C(=O)O)c(Cl)c1)C(N)=O. The molecule has 0 aliphatic rings. The molecule has 1 rings (SSSR count). The predicted octanol–water partition coefficient (Wildman–Crippen LogP) is 0.826. The van der Waals surface area contributed by atoms with Gasteiger partial charge in [-0.25, -0.2) is 13.2 Å².